The first-order chi connectivity index (χ1) is 17.5. The second kappa shape index (κ2) is 10.5. The molecule has 0 bridgehead atoms. The summed E-state index contributed by atoms with van der Waals surface area (Å²) in [6.45, 7) is 1.90. The van der Waals surface area contributed by atoms with Gasteiger partial charge in [0, 0.05) is 34.0 Å². The quantitative estimate of drug-likeness (QED) is 0.464. The largest absolute Gasteiger partial charge is 0.496 e. The van der Waals surface area contributed by atoms with Crippen molar-refractivity contribution in [1.82, 2.24) is 5.32 Å². The van der Waals surface area contributed by atoms with E-state index in [0.29, 0.717) is 34.8 Å². The summed E-state index contributed by atoms with van der Waals surface area (Å²) in [6, 6.07) is 15.3. The van der Waals surface area contributed by atoms with Crippen molar-refractivity contribution in [3.8, 4) is 5.75 Å². The normalized spacial score (nSPS) is 22.7. The van der Waals surface area contributed by atoms with Gasteiger partial charge in [0.15, 0.2) is 5.78 Å². The molecule has 0 amide bonds. The van der Waals surface area contributed by atoms with Gasteiger partial charge in [0.2, 0.25) is 0 Å². The minimum atomic E-state index is -0.535. The molecule has 0 radical (unpaired) electrons. The summed E-state index contributed by atoms with van der Waals surface area (Å²) in [7, 11) is 1.62. The number of para-hydroxylation sites is 1. The van der Waals surface area contributed by atoms with Crippen LogP contribution in [0.15, 0.2) is 71.1 Å². The number of ether oxygens (including phenoxy) is 2. The number of halogens is 1. The Morgan fingerprint density at radius 2 is 1.72 bits per heavy atom. The van der Waals surface area contributed by atoms with Crippen molar-refractivity contribution in [1.29, 1.82) is 0 Å². The number of ketones is 1. The maximum Gasteiger partial charge on any atom is 0.337 e. The first kappa shape index (κ1) is 24.6. The van der Waals surface area contributed by atoms with E-state index in [0.717, 1.165) is 48.2 Å². The second-order valence-electron chi connectivity index (χ2n) is 9.98. The smallest absolute Gasteiger partial charge is 0.337 e. The van der Waals surface area contributed by atoms with Gasteiger partial charge in [-0.2, -0.15) is 0 Å². The molecule has 2 atom stereocenters. The molecule has 3 aliphatic rings. The third-order valence-electron chi connectivity index (χ3n) is 7.66. The number of carbonyl (C=O) groups is 2. The highest BCUT2D eigenvalue weighted by molar-refractivity contribution is 6.30. The molecule has 1 N–H and O–H groups in total. The van der Waals surface area contributed by atoms with E-state index in [1.165, 1.54) is 6.42 Å². The Labute approximate surface area is 217 Å². The summed E-state index contributed by atoms with van der Waals surface area (Å²) in [5.41, 5.74) is 4.64. The van der Waals surface area contributed by atoms with E-state index in [1.807, 2.05) is 55.5 Å². The Balaban J connectivity index is 1.55. The molecule has 0 saturated heterocycles. The molecule has 1 aliphatic heterocycles. The average Bonchev–Trinajstić information content (AvgIpc) is 2.88. The van der Waals surface area contributed by atoms with Gasteiger partial charge >= 0.3 is 5.97 Å². The van der Waals surface area contributed by atoms with Gasteiger partial charge in [0.1, 0.15) is 11.9 Å². The van der Waals surface area contributed by atoms with Crippen molar-refractivity contribution >= 4 is 23.4 Å². The molecule has 1 saturated carbocycles. The molecule has 5 rings (SSSR count). The molecule has 5 nitrogen and oxygen atoms in total. The number of allylic oxidation sites excluding steroid dienone is 3. The van der Waals surface area contributed by atoms with Gasteiger partial charge < -0.3 is 14.8 Å². The molecule has 1 fully saturated rings. The molecule has 2 aromatic rings. The van der Waals surface area contributed by atoms with Crippen molar-refractivity contribution in [3.05, 3.63) is 87.2 Å². The van der Waals surface area contributed by atoms with Crippen LogP contribution >= 0.6 is 11.6 Å². The minimum Gasteiger partial charge on any atom is -0.496 e. The zero-order valence-electron chi connectivity index (χ0n) is 20.8. The Kier molecular flexibility index (Phi) is 7.20. The molecule has 0 aromatic heterocycles. The summed E-state index contributed by atoms with van der Waals surface area (Å²) in [5, 5.41) is 4.11. The van der Waals surface area contributed by atoms with Crippen LogP contribution in [0.1, 0.15) is 74.8 Å². The lowest BCUT2D eigenvalue weighted by Crippen LogP contribution is -2.37. The van der Waals surface area contributed by atoms with E-state index < -0.39 is 5.92 Å². The van der Waals surface area contributed by atoms with Crippen molar-refractivity contribution in [2.24, 2.45) is 0 Å². The van der Waals surface area contributed by atoms with Crippen LogP contribution in [-0.2, 0) is 14.3 Å². The van der Waals surface area contributed by atoms with E-state index in [9.17, 15) is 9.59 Å². The van der Waals surface area contributed by atoms with Gasteiger partial charge in [-0.1, -0.05) is 48.4 Å². The molecule has 0 unspecified atom stereocenters. The van der Waals surface area contributed by atoms with Crippen molar-refractivity contribution < 1.29 is 19.1 Å². The number of Topliss-reactive ketones (excluding diaryl/α,β-unsaturated/α-hetero) is 1. The fourth-order valence-corrected chi connectivity index (χ4v) is 6.02. The zero-order valence-corrected chi connectivity index (χ0v) is 21.6. The van der Waals surface area contributed by atoms with E-state index in [1.54, 1.807) is 7.11 Å². The van der Waals surface area contributed by atoms with Gasteiger partial charge in [-0.15, -0.1) is 0 Å². The number of benzene rings is 2. The lowest BCUT2D eigenvalue weighted by molar-refractivity contribution is -0.146. The topological polar surface area (TPSA) is 64.6 Å². The van der Waals surface area contributed by atoms with Crippen LogP contribution in [0.25, 0.3) is 0 Å². The Bertz CT molecular complexity index is 1220. The third-order valence-corrected chi connectivity index (χ3v) is 7.92. The number of hydrogen-bond acceptors (Lipinski definition) is 5. The molecule has 0 spiro atoms. The number of dihydropyridines is 1. The SMILES string of the molecule is COc1ccccc1[C@@H]1C(C(=O)OC2CCCCC2)=C(C)NC2=C1C(=O)C[C@@H](c1ccc(Cl)cc1)C2. The standard InChI is InChI=1S/C30H32ClNO4/c1-18-27(30(34)36-22-8-4-3-5-9-22)28(23-10-6-7-11-26(23)35-2)29-24(32-18)16-20(17-25(29)33)19-12-14-21(31)15-13-19/h6-7,10-15,20,22,28,32H,3-5,8-9,16-17H2,1-2H3/t20-,28+/m0/s1. The van der Waals surface area contributed by atoms with Crippen molar-refractivity contribution in [2.45, 2.75) is 69.8 Å². The van der Waals surface area contributed by atoms with Crippen molar-refractivity contribution in [3.63, 3.8) is 0 Å². The average molecular weight is 506 g/mol. The van der Waals surface area contributed by atoms with Gasteiger partial charge in [-0.25, -0.2) is 4.79 Å². The van der Waals surface area contributed by atoms with E-state index in [4.69, 9.17) is 21.1 Å². The van der Waals surface area contributed by atoms with Gasteiger partial charge in [-0.05, 0) is 68.7 Å². The summed E-state index contributed by atoms with van der Waals surface area (Å²) in [6.07, 6.45) is 6.08. The Morgan fingerprint density at radius 3 is 2.44 bits per heavy atom. The fraction of sp³-hybridized carbons (Fsp3) is 0.400. The first-order valence-electron chi connectivity index (χ1n) is 12.8. The summed E-state index contributed by atoms with van der Waals surface area (Å²) in [5.74, 6) is -0.147. The first-order valence-corrected chi connectivity index (χ1v) is 13.2. The van der Waals surface area contributed by atoms with Gasteiger partial charge in [0.05, 0.1) is 18.6 Å². The molecule has 36 heavy (non-hydrogen) atoms. The Morgan fingerprint density at radius 1 is 1.00 bits per heavy atom. The maximum atomic E-state index is 13.8. The molecule has 2 aliphatic carbocycles. The summed E-state index contributed by atoms with van der Waals surface area (Å²) >= 11 is 6.09. The van der Waals surface area contributed by atoms with Crippen LogP contribution in [0.5, 0.6) is 5.75 Å². The van der Waals surface area contributed by atoms with E-state index >= 15 is 0 Å². The molecule has 2 aromatic carbocycles. The number of hydrogen-bond donors (Lipinski definition) is 1. The molecule has 188 valence electrons. The van der Waals surface area contributed by atoms with E-state index in [-0.39, 0.29) is 23.8 Å². The summed E-state index contributed by atoms with van der Waals surface area (Å²) < 4.78 is 11.7. The lowest BCUT2D eigenvalue weighted by atomic mass is 9.71. The highest BCUT2D eigenvalue weighted by Crippen LogP contribution is 2.48. The van der Waals surface area contributed by atoms with E-state index in [2.05, 4.69) is 5.32 Å². The Hall–Kier alpha value is -3.05. The number of esters is 1. The summed E-state index contributed by atoms with van der Waals surface area (Å²) in [4.78, 5) is 27.4. The lowest BCUT2D eigenvalue weighted by Gasteiger charge is -2.37. The van der Waals surface area contributed by atoms with Gasteiger partial charge in [-0.3, -0.25) is 4.79 Å². The second-order valence-corrected chi connectivity index (χ2v) is 10.4. The number of nitrogens with one attached hydrogen (secondary N) is 1. The predicted octanol–water partition coefficient (Wildman–Crippen LogP) is 6.59. The van der Waals surface area contributed by atoms with Crippen LogP contribution in [0.3, 0.4) is 0 Å². The highest BCUT2D eigenvalue weighted by Gasteiger charge is 2.42. The predicted molar refractivity (Wildman–Crippen MR) is 140 cm³/mol. The molecular formula is C30H32ClNO4. The number of rotatable bonds is 5. The number of carbonyl (C=O) groups excluding carboxylic acids is 2. The molecular weight excluding hydrogens is 474 g/mol. The van der Waals surface area contributed by atoms with Crippen LogP contribution < -0.4 is 10.1 Å². The van der Waals surface area contributed by atoms with Crippen molar-refractivity contribution in [2.75, 3.05) is 7.11 Å². The zero-order chi connectivity index (χ0) is 25.2. The monoisotopic (exact) mass is 505 g/mol. The van der Waals surface area contributed by atoms with Crippen LogP contribution in [0.4, 0.5) is 0 Å². The minimum absolute atomic E-state index is 0.0371. The fourth-order valence-electron chi connectivity index (χ4n) is 5.89. The third kappa shape index (κ3) is 4.81. The molecule has 1 heterocycles. The van der Waals surface area contributed by atoms with Gasteiger partial charge in [0.25, 0.3) is 0 Å². The highest BCUT2D eigenvalue weighted by atomic mass is 35.5. The maximum absolute atomic E-state index is 13.8. The van der Waals surface area contributed by atoms with Crippen LogP contribution in [-0.4, -0.2) is 25.0 Å². The van der Waals surface area contributed by atoms with Crippen LogP contribution in [0, 0.1) is 0 Å². The van der Waals surface area contributed by atoms with Crippen LogP contribution in [0.2, 0.25) is 5.02 Å². The molecule has 6 heteroatoms. The number of methoxy groups -OCH3 is 1.